The van der Waals surface area contributed by atoms with Gasteiger partial charge in [0.05, 0.1) is 12.8 Å². The summed E-state index contributed by atoms with van der Waals surface area (Å²) < 4.78 is 5.31. The highest BCUT2D eigenvalue weighted by Gasteiger charge is 2.03. The van der Waals surface area contributed by atoms with Crippen LogP contribution in [-0.4, -0.2) is 9.97 Å². The van der Waals surface area contributed by atoms with Crippen LogP contribution in [0.1, 0.15) is 22.7 Å². The Balaban J connectivity index is 1.63. The quantitative estimate of drug-likeness (QED) is 0.723. The maximum atomic E-state index is 5.31. The summed E-state index contributed by atoms with van der Waals surface area (Å²) in [5.41, 5.74) is 2.48. The summed E-state index contributed by atoms with van der Waals surface area (Å²) in [5, 5.41) is 6.59. The van der Waals surface area contributed by atoms with Gasteiger partial charge < -0.3 is 15.1 Å². The van der Waals surface area contributed by atoms with Crippen LogP contribution in [0.25, 0.3) is 0 Å². The number of hydrogen-bond acceptors (Lipinski definition) is 5. The van der Waals surface area contributed by atoms with Gasteiger partial charge in [-0.1, -0.05) is 29.8 Å². The molecule has 118 valence electrons. The summed E-state index contributed by atoms with van der Waals surface area (Å²) in [7, 11) is 0. The minimum atomic E-state index is 0.598. The molecule has 0 saturated heterocycles. The van der Waals surface area contributed by atoms with Crippen molar-refractivity contribution in [3.63, 3.8) is 0 Å². The van der Waals surface area contributed by atoms with Crippen molar-refractivity contribution in [2.75, 3.05) is 10.6 Å². The van der Waals surface area contributed by atoms with Crippen molar-refractivity contribution in [1.82, 2.24) is 9.97 Å². The van der Waals surface area contributed by atoms with E-state index in [1.165, 1.54) is 11.1 Å². The average Bonchev–Trinajstić information content (AvgIpc) is 3.05. The van der Waals surface area contributed by atoms with Gasteiger partial charge in [0.25, 0.3) is 0 Å². The fourth-order valence-corrected chi connectivity index (χ4v) is 2.24. The minimum Gasteiger partial charge on any atom is -0.467 e. The fourth-order valence-electron chi connectivity index (χ4n) is 2.24. The molecule has 2 heterocycles. The Morgan fingerprint density at radius 3 is 2.26 bits per heavy atom. The molecular weight excluding hydrogens is 288 g/mol. The van der Waals surface area contributed by atoms with E-state index < -0.39 is 0 Å². The topological polar surface area (TPSA) is 63.0 Å². The second-order valence-electron chi connectivity index (χ2n) is 5.46. The molecule has 0 aliphatic carbocycles. The molecule has 0 spiro atoms. The van der Waals surface area contributed by atoms with Crippen LogP contribution in [0.2, 0.25) is 0 Å². The van der Waals surface area contributed by atoms with Crippen LogP contribution in [-0.2, 0) is 13.1 Å². The highest BCUT2D eigenvalue weighted by Crippen LogP contribution is 2.14. The van der Waals surface area contributed by atoms with E-state index in [1.54, 1.807) is 6.26 Å². The molecule has 0 unspecified atom stereocenters. The first-order valence-corrected chi connectivity index (χ1v) is 7.60. The van der Waals surface area contributed by atoms with E-state index in [2.05, 4.69) is 51.8 Å². The first-order chi connectivity index (χ1) is 11.2. The van der Waals surface area contributed by atoms with Crippen LogP contribution >= 0.6 is 0 Å². The van der Waals surface area contributed by atoms with Crippen LogP contribution in [0.4, 0.5) is 11.6 Å². The molecule has 0 fully saturated rings. The molecule has 3 rings (SSSR count). The third-order valence-corrected chi connectivity index (χ3v) is 3.46. The SMILES string of the molecule is Cc1ccc(CNc2cc(NCc3ccco3)nc(C)n2)cc1. The van der Waals surface area contributed by atoms with Gasteiger partial charge in [-0.15, -0.1) is 0 Å². The van der Waals surface area contributed by atoms with Gasteiger partial charge in [0, 0.05) is 12.6 Å². The zero-order chi connectivity index (χ0) is 16.1. The second kappa shape index (κ2) is 6.96. The molecule has 0 radical (unpaired) electrons. The van der Waals surface area contributed by atoms with Crippen LogP contribution in [0.5, 0.6) is 0 Å². The summed E-state index contributed by atoms with van der Waals surface area (Å²) in [6.45, 7) is 5.30. The van der Waals surface area contributed by atoms with Crippen LogP contribution in [0.15, 0.2) is 53.1 Å². The lowest BCUT2D eigenvalue weighted by molar-refractivity contribution is 0.518. The molecule has 2 N–H and O–H groups in total. The Morgan fingerprint density at radius 1 is 0.913 bits per heavy atom. The molecule has 0 saturated carbocycles. The Morgan fingerprint density at radius 2 is 1.61 bits per heavy atom. The number of hydrogen-bond donors (Lipinski definition) is 2. The van der Waals surface area contributed by atoms with Crippen LogP contribution in [0.3, 0.4) is 0 Å². The van der Waals surface area contributed by atoms with E-state index in [0.29, 0.717) is 6.54 Å². The Hall–Kier alpha value is -2.82. The minimum absolute atomic E-state index is 0.598. The van der Waals surface area contributed by atoms with Gasteiger partial charge >= 0.3 is 0 Å². The molecule has 3 aromatic rings. The van der Waals surface area contributed by atoms with Gasteiger partial charge in [0.15, 0.2) is 0 Å². The largest absolute Gasteiger partial charge is 0.467 e. The van der Waals surface area contributed by atoms with E-state index >= 15 is 0 Å². The number of anilines is 2. The lowest BCUT2D eigenvalue weighted by Gasteiger charge is -2.10. The standard InChI is InChI=1S/C18H20N4O/c1-13-5-7-15(8-6-13)11-19-17-10-18(22-14(2)21-17)20-12-16-4-3-9-23-16/h3-10H,11-12H2,1-2H3,(H2,19,20,21,22). The third kappa shape index (κ3) is 4.32. The lowest BCUT2D eigenvalue weighted by Crippen LogP contribution is -2.07. The number of nitrogens with one attached hydrogen (secondary N) is 2. The first-order valence-electron chi connectivity index (χ1n) is 7.60. The normalized spacial score (nSPS) is 10.5. The Labute approximate surface area is 135 Å². The highest BCUT2D eigenvalue weighted by molar-refractivity contribution is 5.48. The molecule has 5 nitrogen and oxygen atoms in total. The third-order valence-electron chi connectivity index (χ3n) is 3.46. The monoisotopic (exact) mass is 308 g/mol. The molecule has 0 bridgehead atoms. The van der Waals surface area contributed by atoms with Crippen molar-refractivity contribution >= 4 is 11.6 Å². The van der Waals surface area contributed by atoms with E-state index in [4.69, 9.17) is 4.42 Å². The van der Waals surface area contributed by atoms with Gasteiger partial charge in [-0.05, 0) is 31.5 Å². The van der Waals surface area contributed by atoms with Crippen molar-refractivity contribution in [1.29, 1.82) is 0 Å². The maximum Gasteiger partial charge on any atom is 0.132 e. The van der Waals surface area contributed by atoms with E-state index in [0.717, 1.165) is 29.8 Å². The van der Waals surface area contributed by atoms with E-state index in [9.17, 15) is 0 Å². The number of aryl methyl sites for hydroxylation is 2. The molecule has 0 aliphatic heterocycles. The van der Waals surface area contributed by atoms with Gasteiger partial charge in [0.1, 0.15) is 23.2 Å². The zero-order valence-corrected chi connectivity index (χ0v) is 13.3. The van der Waals surface area contributed by atoms with Crippen molar-refractivity contribution in [2.45, 2.75) is 26.9 Å². The van der Waals surface area contributed by atoms with Gasteiger partial charge in [-0.2, -0.15) is 0 Å². The highest BCUT2D eigenvalue weighted by atomic mass is 16.3. The lowest BCUT2D eigenvalue weighted by atomic mass is 10.1. The van der Waals surface area contributed by atoms with Crippen molar-refractivity contribution in [2.24, 2.45) is 0 Å². The predicted molar refractivity (Wildman–Crippen MR) is 91.3 cm³/mol. The number of aromatic nitrogens is 2. The average molecular weight is 308 g/mol. The number of nitrogens with zero attached hydrogens (tertiary/aromatic N) is 2. The summed E-state index contributed by atoms with van der Waals surface area (Å²) in [5.74, 6) is 3.18. The Bertz CT molecular complexity index is 751. The molecular formula is C18H20N4O. The molecule has 5 heteroatoms. The summed E-state index contributed by atoms with van der Waals surface area (Å²) in [4.78, 5) is 8.82. The summed E-state index contributed by atoms with van der Waals surface area (Å²) in [6.07, 6.45) is 1.66. The van der Waals surface area contributed by atoms with Crippen molar-refractivity contribution in [3.05, 3.63) is 71.4 Å². The van der Waals surface area contributed by atoms with Gasteiger partial charge in [0.2, 0.25) is 0 Å². The van der Waals surface area contributed by atoms with Crippen LogP contribution < -0.4 is 10.6 Å². The molecule has 0 aliphatic rings. The predicted octanol–water partition coefficient (Wildman–Crippen LogP) is 3.91. The molecule has 1 aromatic carbocycles. The molecule has 2 aromatic heterocycles. The Kier molecular flexibility index (Phi) is 4.57. The number of rotatable bonds is 6. The second-order valence-corrected chi connectivity index (χ2v) is 5.46. The molecule has 0 amide bonds. The maximum absolute atomic E-state index is 5.31. The van der Waals surface area contributed by atoms with Crippen molar-refractivity contribution < 1.29 is 4.42 Å². The number of benzene rings is 1. The van der Waals surface area contributed by atoms with E-state index in [1.807, 2.05) is 25.1 Å². The summed E-state index contributed by atoms with van der Waals surface area (Å²) >= 11 is 0. The molecule has 23 heavy (non-hydrogen) atoms. The first kappa shape index (κ1) is 15.1. The smallest absolute Gasteiger partial charge is 0.132 e. The van der Waals surface area contributed by atoms with Gasteiger partial charge in [-0.3, -0.25) is 0 Å². The summed E-state index contributed by atoms with van der Waals surface area (Å²) in [6, 6.07) is 14.2. The fraction of sp³-hybridized carbons (Fsp3) is 0.222. The van der Waals surface area contributed by atoms with Crippen molar-refractivity contribution in [3.8, 4) is 0 Å². The van der Waals surface area contributed by atoms with E-state index in [-0.39, 0.29) is 0 Å². The van der Waals surface area contributed by atoms with Crippen LogP contribution in [0, 0.1) is 13.8 Å². The molecule has 0 atom stereocenters. The number of furan rings is 1. The van der Waals surface area contributed by atoms with Gasteiger partial charge in [-0.25, -0.2) is 9.97 Å². The zero-order valence-electron chi connectivity index (χ0n) is 13.3.